The summed E-state index contributed by atoms with van der Waals surface area (Å²) < 4.78 is 2.13. The second kappa shape index (κ2) is 7.81. The molecule has 1 aliphatic heterocycles. The van der Waals surface area contributed by atoms with Crippen LogP contribution in [0.4, 0.5) is 11.4 Å². The van der Waals surface area contributed by atoms with Crippen molar-refractivity contribution in [3.8, 4) is 5.00 Å². The zero-order valence-corrected chi connectivity index (χ0v) is 17.4. The molecule has 3 aromatic rings. The van der Waals surface area contributed by atoms with Crippen molar-refractivity contribution >= 4 is 28.6 Å². The number of benzene rings is 1. The van der Waals surface area contributed by atoms with Crippen molar-refractivity contribution in [1.82, 2.24) is 9.47 Å². The molecule has 5 nitrogen and oxygen atoms in total. The van der Waals surface area contributed by atoms with Crippen LogP contribution in [0, 0.1) is 13.8 Å². The Bertz CT molecular complexity index is 945. The minimum Gasteiger partial charge on any atom is -0.369 e. The Morgan fingerprint density at radius 1 is 0.929 bits per heavy atom. The van der Waals surface area contributed by atoms with Gasteiger partial charge < -0.3 is 19.7 Å². The van der Waals surface area contributed by atoms with E-state index in [4.69, 9.17) is 0 Å². The molecule has 1 saturated heterocycles. The van der Waals surface area contributed by atoms with Gasteiger partial charge in [0.05, 0.1) is 5.56 Å². The maximum atomic E-state index is 12.9. The van der Waals surface area contributed by atoms with Crippen LogP contribution in [0.25, 0.3) is 5.00 Å². The zero-order chi connectivity index (χ0) is 19.7. The largest absolute Gasteiger partial charge is 0.369 e. The van der Waals surface area contributed by atoms with E-state index in [2.05, 4.69) is 64.8 Å². The molecular weight excluding hydrogens is 368 g/mol. The van der Waals surface area contributed by atoms with E-state index in [9.17, 15) is 4.79 Å². The lowest BCUT2D eigenvalue weighted by Crippen LogP contribution is -2.44. The Labute approximate surface area is 170 Å². The number of hydrogen-bond donors (Lipinski definition) is 1. The number of rotatable bonds is 4. The molecule has 146 valence electrons. The van der Waals surface area contributed by atoms with Gasteiger partial charge in [-0.05, 0) is 68.7 Å². The number of carbonyl (C=O) groups excluding carboxylic acids is 1. The number of thiophene rings is 1. The predicted molar refractivity (Wildman–Crippen MR) is 117 cm³/mol. The fraction of sp³-hybridized carbons (Fsp3) is 0.318. The van der Waals surface area contributed by atoms with Crippen molar-refractivity contribution in [1.29, 1.82) is 0 Å². The molecule has 1 aliphatic rings. The summed E-state index contributed by atoms with van der Waals surface area (Å²) in [5.74, 6) is -0.0731. The molecule has 0 saturated carbocycles. The number of anilines is 2. The summed E-state index contributed by atoms with van der Waals surface area (Å²) in [4.78, 5) is 17.6. The van der Waals surface area contributed by atoms with Gasteiger partial charge in [0.1, 0.15) is 5.00 Å². The number of aromatic nitrogens is 1. The maximum Gasteiger partial charge on any atom is 0.258 e. The SMILES string of the molecule is Cc1ccc(C)n1-c1sccc1C(=O)Nc1ccc(N2CCN(C)CC2)cc1. The van der Waals surface area contributed by atoms with Gasteiger partial charge in [0, 0.05) is 48.9 Å². The maximum absolute atomic E-state index is 12.9. The summed E-state index contributed by atoms with van der Waals surface area (Å²) in [6.07, 6.45) is 0. The monoisotopic (exact) mass is 394 g/mol. The van der Waals surface area contributed by atoms with Gasteiger partial charge in [-0.3, -0.25) is 4.79 Å². The highest BCUT2D eigenvalue weighted by molar-refractivity contribution is 7.13. The van der Waals surface area contributed by atoms with Crippen molar-refractivity contribution < 1.29 is 4.79 Å². The van der Waals surface area contributed by atoms with E-state index in [1.165, 1.54) is 5.69 Å². The summed E-state index contributed by atoms with van der Waals surface area (Å²) in [5.41, 5.74) is 4.99. The predicted octanol–water partition coefficient (Wildman–Crippen LogP) is 4.16. The molecule has 28 heavy (non-hydrogen) atoms. The van der Waals surface area contributed by atoms with Crippen LogP contribution in [-0.4, -0.2) is 48.6 Å². The van der Waals surface area contributed by atoms with E-state index in [0.29, 0.717) is 5.56 Å². The molecule has 1 amide bonds. The van der Waals surface area contributed by atoms with E-state index in [1.807, 2.05) is 23.6 Å². The molecule has 1 N–H and O–H groups in total. The number of amides is 1. The fourth-order valence-electron chi connectivity index (χ4n) is 3.65. The van der Waals surface area contributed by atoms with Crippen molar-refractivity contribution in [2.75, 3.05) is 43.4 Å². The van der Waals surface area contributed by atoms with Crippen LogP contribution in [0.3, 0.4) is 0 Å². The Morgan fingerprint density at radius 2 is 1.57 bits per heavy atom. The van der Waals surface area contributed by atoms with Crippen LogP contribution < -0.4 is 10.2 Å². The summed E-state index contributed by atoms with van der Waals surface area (Å²) >= 11 is 1.59. The van der Waals surface area contributed by atoms with Crippen LogP contribution in [0.2, 0.25) is 0 Å². The van der Waals surface area contributed by atoms with Gasteiger partial charge in [0.25, 0.3) is 5.91 Å². The smallest absolute Gasteiger partial charge is 0.258 e. The standard InChI is InChI=1S/C22H26N4OS/c1-16-4-5-17(2)26(16)22-20(10-15-28-22)21(27)23-18-6-8-19(9-7-18)25-13-11-24(3)12-14-25/h4-10,15H,11-14H2,1-3H3,(H,23,27). The second-order valence-corrected chi connectivity index (χ2v) is 8.28. The molecule has 6 heteroatoms. The number of likely N-dealkylation sites (N-methyl/N-ethyl adjacent to an activating group) is 1. The first-order valence-electron chi connectivity index (χ1n) is 9.60. The number of aryl methyl sites for hydroxylation is 2. The van der Waals surface area contributed by atoms with Gasteiger partial charge in [0.15, 0.2) is 0 Å². The van der Waals surface area contributed by atoms with Crippen LogP contribution in [0.1, 0.15) is 21.7 Å². The number of hydrogen-bond acceptors (Lipinski definition) is 4. The Hall–Kier alpha value is -2.57. The summed E-state index contributed by atoms with van der Waals surface area (Å²) in [5, 5.41) is 5.99. The average Bonchev–Trinajstić information content (AvgIpc) is 3.29. The van der Waals surface area contributed by atoms with Gasteiger partial charge in [-0.1, -0.05) is 0 Å². The zero-order valence-electron chi connectivity index (χ0n) is 16.6. The molecule has 0 bridgehead atoms. The lowest BCUT2D eigenvalue weighted by molar-refractivity contribution is 0.102. The number of piperazine rings is 1. The van der Waals surface area contributed by atoms with Gasteiger partial charge in [-0.25, -0.2) is 0 Å². The van der Waals surface area contributed by atoms with E-state index in [1.54, 1.807) is 11.3 Å². The molecule has 2 aromatic heterocycles. The summed E-state index contributed by atoms with van der Waals surface area (Å²) in [7, 11) is 2.16. The number of carbonyl (C=O) groups is 1. The first-order valence-corrected chi connectivity index (χ1v) is 10.5. The van der Waals surface area contributed by atoms with Crippen LogP contribution >= 0.6 is 11.3 Å². The van der Waals surface area contributed by atoms with Crippen LogP contribution in [-0.2, 0) is 0 Å². The third-order valence-corrected chi connectivity index (χ3v) is 6.26. The van der Waals surface area contributed by atoms with E-state index in [-0.39, 0.29) is 5.91 Å². The highest BCUT2D eigenvalue weighted by Crippen LogP contribution is 2.27. The molecule has 0 spiro atoms. The van der Waals surface area contributed by atoms with Gasteiger partial charge >= 0.3 is 0 Å². The van der Waals surface area contributed by atoms with Crippen molar-refractivity contribution in [2.45, 2.75) is 13.8 Å². The molecule has 1 aromatic carbocycles. The van der Waals surface area contributed by atoms with Gasteiger partial charge in [-0.15, -0.1) is 11.3 Å². The Balaban J connectivity index is 1.48. The molecule has 0 radical (unpaired) electrons. The first-order chi connectivity index (χ1) is 13.5. The van der Waals surface area contributed by atoms with Crippen LogP contribution in [0.15, 0.2) is 47.8 Å². The van der Waals surface area contributed by atoms with Crippen molar-refractivity contribution in [3.63, 3.8) is 0 Å². The minimum atomic E-state index is -0.0731. The topological polar surface area (TPSA) is 40.5 Å². The van der Waals surface area contributed by atoms with Gasteiger partial charge in [-0.2, -0.15) is 0 Å². The Morgan fingerprint density at radius 3 is 2.21 bits per heavy atom. The van der Waals surface area contributed by atoms with Crippen molar-refractivity contribution in [3.05, 3.63) is 64.8 Å². The van der Waals surface area contributed by atoms with Crippen LogP contribution in [0.5, 0.6) is 0 Å². The van der Waals surface area contributed by atoms with E-state index >= 15 is 0 Å². The molecular formula is C22H26N4OS. The second-order valence-electron chi connectivity index (χ2n) is 7.38. The van der Waals surface area contributed by atoms with E-state index < -0.39 is 0 Å². The average molecular weight is 395 g/mol. The molecule has 0 aliphatic carbocycles. The number of nitrogens with zero attached hydrogens (tertiary/aromatic N) is 3. The normalized spacial score (nSPS) is 15.0. The molecule has 3 heterocycles. The molecule has 0 unspecified atom stereocenters. The molecule has 0 atom stereocenters. The summed E-state index contributed by atoms with van der Waals surface area (Å²) in [6, 6.07) is 14.2. The quantitative estimate of drug-likeness (QED) is 0.722. The lowest BCUT2D eigenvalue weighted by Gasteiger charge is -2.34. The molecule has 4 rings (SSSR count). The number of nitrogens with one attached hydrogen (secondary N) is 1. The highest BCUT2D eigenvalue weighted by Gasteiger charge is 2.18. The summed E-state index contributed by atoms with van der Waals surface area (Å²) in [6.45, 7) is 8.36. The highest BCUT2D eigenvalue weighted by atomic mass is 32.1. The Kier molecular flexibility index (Phi) is 5.24. The van der Waals surface area contributed by atoms with E-state index in [0.717, 1.165) is 48.3 Å². The minimum absolute atomic E-state index is 0.0731. The third kappa shape index (κ3) is 3.70. The van der Waals surface area contributed by atoms with Crippen molar-refractivity contribution in [2.24, 2.45) is 0 Å². The lowest BCUT2D eigenvalue weighted by atomic mass is 10.2. The third-order valence-electron chi connectivity index (χ3n) is 5.36. The first kappa shape index (κ1) is 18.8. The van der Waals surface area contributed by atoms with Gasteiger partial charge in [0.2, 0.25) is 0 Å². The fourth-order valence-corrected chi connectivity index (χ4v) is 4.67. The molecule has 1 fully saturated rings.